The number of nitrogens with zero attached hydrogens (tertiary/aromatic N) is 3. The largest absolute Gasteiger partial charge is 0.462 e. The van der Waals surface area contributed by atoms with E-state index in [9.17, 15) is 4.79 Å². The predicted octanol–water partition coefficient (Wildman–Crippen LogP) is 3.63. The van der Waals surface area contributed by atoms with Crippen LogP contribution in [0.5, 0.6) is 0 Å². The molecule has 130 valence electrons. The SMILES string of the molecule is O=C(N1C=COC(C2=CC=CCC2)=C1)N1CCC(c2cn[nH]c2)CC1. The molecule has 0 spiro atoms. The second kappa shape index (κ2) is 7.01. The van der Waals surface area contributed by atoms with Crippen LogP contribution in [0.25, 0.3) is 0 Å². The van der Waals surface area contributed by atoms with Crippen LogP contribution in [-0.2, 0) is 4.74 Å². The Morgan fingerprint density at radius 2 is 2.20 bits per heavy atom. The summed E-state index contributed by atoms with van der Waals surface area (Å²) in [6.07, 6.45) is 19.0. The zero-order chi connectivity index (χ0) is 17.1. The van der Waals surface area contributed by atoms with E-state index in [0.29, 0.717) is 5.92 Å². The number of rotatable bonds is 2. The monoisotopic (exact) mass is 338 g/mol. The lowest BCUT2D eigenvalue weighted by molar-refractivity contribution is 0.161. The van der Waals surface area contributed by atoms with Crippen LogP contribution >= 0.6 is 0 Å². The number of carbonyl (C=O) groups excluding carboxylic acids is 1. The summed E-state index contributed by atoms with van der Waals surface area (Å²) in [5.41, 5.74) is 2.36. The number of aromatic amines is 1. The average molecular weight is 338 g/mol. The van der Waals surface area contributed by atoms with Crippen molar-refractivity contribution in [1.82, 2.24) is 20.0 Å². The lowest BCUT2D eigenvalue weighted by atomic mass is 9.92. The number of hydrogen-bond acceptors (Lipinski definition) is 3. The molecule has 1 aromatic rings. The van der Waals surface area contributed by atoms with E-state index >= 15 is 0 Å². The normalized spacial score (nSPS) is 21.0. The van der Waals surface area contributed by atoms with E-state index in [1.165, 1.54) is 5.56 Å². The van der Waals surface area contributed by atoms with Crippen LogP contribution in [-0.4, -0.2) is 39.1 Å². The number of urea groups is 1. The number of hydrogen-bond donors (Lipinski definition) is 1. The number of allylic oxidation sites excluding steroid dienone is 4. The molecule has 3 aliphatic rings. The molecule has 2 amide bonds. The molecule has 0 saturated carbocycles. The lowest BCUT2D eigenvalue weighted by Crippen LogP contribution is -2.43. The van der Waals surface area contributed by atoms with E-state index in [1.54, 1.807) is 23.6 Å². The molecular formula is C19H22N4O2. The second-order valence-electron chi connectivity index (χ2n) is 6.54. The number of amides is 2. The summed E-state index contributed by atoms with van der Waals surface area (Å²) in [6, 6.07) is 0.00893. The van der Waals surface area contributed by atoms with Crippen molar-refractivity contribution in [3.63, 3.8) is 0 Å². The molecule has 3 heterocycles. The van der Waals surface area contributed by atoms with Gasteiger partial charge in [-0.2, -0.15) is 5.10 Å². The van der Waals surface area contributed by atoms with Crippen LogP contribution < -0.4 is 0 Å². The first-order chi connectivity index (χ1) is 12.3. The average Bonchev–Trinajstić information content (AvgIpc) is 3.23. The molecular weight excluding hydrogens is 316 g/mol. The van der Waals surface area contributed by atoms with Gasteiger partial charge in [-0.3, -0.25) is 10.00 Å². The molecule has 0 aromatic carbocycles. The van der Waals surface area contributed by atoms with Gasteiger partial charge in [-0.1, -0.05) is 18.2 Å². The Balaban J connectivity index is 1.40. The van der Waals surface area contributed by atoms with Gasteiger partial charge in [0.15, 0.2) is 0 Å². The Morgan fingerprint density at radius 1 is 1.32 bits per heavy atom. The Morgan fingerprint density at radius 3 is 2.92 bits per heavy atom. The molecule has 0 bridgehead atoms. The minimum absolute atomic E-state index is 0.00893. The zero-order valence-electron chi connectivity index (χ0n) is 14.1. The minimum atomic E-state index is 0.00893. The van der Waals surface area contributed by atoms with Crippen LogP contribution in [0.4, 0.5) is 4.79 Å². The maximum absolute atomic E-state index is 12.8. The third-order valence-corrected chi connectivity index (χ3v) is 4.98. The maximum atomic E-state index is 12.8. The molecule has 1 aromatic heterocycles. The fraction of sp³-hybridized carbons (Fsp3) is 0.368. The molecule has 6 nitrogen and oxygen atoms in total. The summed E-state index contributed by atoms with van der Waals surface area (Å²) in [5, 5.41) is 6.89. The van der Waals surface area contributed by atoms with Gasteiger partial charge in [0.25, 0.3) is 0 Å². The van der Waals surface area contributed by atoms with Crippen molar-refractivity contribution in [3.05, 3.63) is 66.2 Å². The van der Waals surface area contributed by atoms with Gasteiger partial charge in [0, 0.05) is 25.5 Å². The molecule has 0 atom stereocenters. The molecule has 0 radical (unpaired) electrons. The third kappa shape index (κ3) is 3.38. The van der Waals surface area contributed by atoms with Crippen LogP contribution in [0.2, 0.25) is 0 Å². The van der Waals surface area contributed by atoms with Crippen molar-refractivity contribution in [2.75, 3.05) is 13.1 Å². The summed E-state index contributed by atoms with van der Waals surface area (Å²) in [5.74, 6) is 1.24. The molecule has 6 heteroatoms. The van der Waals surface area contributed by atoms with Crippen LogP contribution in [0.3, 0.4) is 0 Å². The van der Waals surface area contributed by atoms with Gasteiger partial charge in [0.05, 0.1) is 12.4 Å². The molecule has 1 N–H and O–H groups in total. The van der Waals surface area contributed by atoms with E-state index in [1.807, 2.05) is 29.4 Å². The Kier molecular flexibility index (Phi) is 4.41. The van der Waals surface area contributed by atoms with Gasteiger partial charge in [0.2, 0.25) is 0 Å². The molecule has 4 rings (SSSR count). The van der Waals surface area contributed by atoms with Crippen LogP contribution in [0.1, 0.15) is 37.2 Å². The summed E-state index contributed by atoms with van der Waals surface area (Å²) in [6.45, 7) is 1.52. The number of likely N-dealkylation sites (tertiary alicyclic amines) is 1. The highest BCUT2D eigenvalue weighted by Gasteiger charge is 2.27. The first-order valence-corrected chi connectivity index (χ1v) is 8.78. The van der Waals surface area contributed by atoms with Crippen molar-refractivity contribution < 1.29 is 9.53 Å². The van der Waals surface area contributed by atoms with Crippen molar-refractivity contribution in [2.45, 2.75) is 31.6 Å². The minimum Gasteiger partial charge on any atom is -0.462 e. The highest BCUT2D eigenvalue weighted by molar-refractivity contribution is 5.77. The first kappa shape index (κ1) is 15.7. The fourth-order valence-electron chi connectivity index (χ4n) is 3.51. The Hall–Kier alpha value is -2.76. The predicted molar refractivity (Wildman–Crippen MR) is 94.1 cm³/mol. The van der Waals surface area contributed by atoms with E-state index in [-0.39, 0.29) is 6.03 Å². The standard InChI is InChI=1S/C19H22N4O2/c24-19(22-8-6-15(7-9-22)17-12-20-21-13-17)23-10-11-25-18(14-23)16-4-2-1-3-5-16/h1-2,4,10-15H,3,5-9H2,(H,20,21). The van der Waals surface area contributed by atoms with Gasteiger partial charge in [-0.05, 0) is 42.7 Å². The van der Waals surface area contributed by atoms with E-state index in [4.69, 9.17) is 4.74 Å². The van der Waals surface area contributed by atoms with E-state index in [0.717, 1.165) is 50.1 Å². The Bertz CT molecular complexity index is 737. The summed E-state index contributed by atoms with van der Waals surface area (Å²) < 4.78 is 5.61. The number of piperidine rings is 1. The number of H-pyrrole nitrogens is 1. The van der Waals surface area contributed by atoms with Crippen molar-refractivity contribution in [3.8, 4) is 0 Å². The topological polar surface area (TPSA) is 61.5 Å². The Labute approximate surface area is 147 Å². The number of carbonyl (C=O) groups is 1. The van der Waals surface area contributed by atoms with Crippen LogP contribution in [0.15, 0.2) is 60.6 Å². The summed E-state index contributed by atoms with van der Waals surface area (Å²) in [4.78, 5) is 16.4. The van der Waals surface area contributed by atoms with E-state index < -0.39 is 0 Å². The molecule has 25 heavy (non-hydrogen) atoms. The molecule has 1 aliphatic carbocycles. The summed E-state index contributed by atoms with van der Waals surface area (Å²) >= 11 is 0. The maximum Gasteiger partial charge on any atom is 0.328 e. The molecule has 1 fully saturated rings. The van der Waals surface area contributed by atoms with Crippen molar-refractivity contribution in [1.29, 1.82) is 0 Å². The quantitative estimate of drug-likeness (QED) is 0.896. The van der Waals surface area contributed by atoms with Crippen molar-refractivity contribution in [2.24, 2.45) is 0 Å². The number of ether oxygens (including phenoxy) is 1. The highest BCUT2D eigenvalue weighted by atomic mass is 16.5. The van der Waals surface area contributed by atoms with Gasteiger partial charge in [0.1, 0.15) is 12.0 Å². The zero-order valence-corrected chi connectivity index (χ0v) is 14.1. The molecule has 2 aliphatic heterocycles. The smallest absolute Gasteiger partial charge is 0.328 e. The second-order valence-corrected chi connectivity index (χ2v) is 6.54. The van der Waals surface area contributed by atoms with Gasteiger partial charge in [-0.25, -0.2) is 4.79 Å². The highest BCUT2D eigenvalue weighted by Crippen LogP contribution is 2.29. The molecule has 1 saturated heterocycles. The van der Waals surface area contributed by atoms with Gasteiger partial charge in [-0.15, -0.1) is 0 Å². The third-order valence-electron chi connectivity index (χ3n) is 4.98. The number of aromatic nitrogens is 2. The summed E-state index contributed by atoms with van der Waals surface area (Å²) in [7, 11) is 0. The van der Waals surface area contributed by atoms with Gasteiger partial charge < -0.3 is 9.64 Å². The molecule has 0 unspecified atom stereocenters. The number of nitrogens with one attached hydrogen (secondary N) is 1. The fourth-order valence-corrected chi connectivity index (χ4v) is 3.51. The lowest BCUT2D eigenvalue weighted by Gasteiger charge is -2.34. The van der Waals surface area contributed by atoms with Crippen LogP contribution in [0, 0.1) is 0 Å². The van der Waals surface area contributed by atoms with Gasteiger partial charge >= 0.3 is 6.03 Å². The van der Waals surface area contributed by atoms with Crippen molar-refractivity contribution >= 4 is 6.03 Å². The van der Waals surface area contributed by atoms with E-state index in [2.05, 4.69) is 16.3 Å². The first-order valence-electron chi connectivity index (χ1n) is 8.78.